The van der Waals surface area contributed by atoms with E-state index in [-0.39, 0.29) is 12.5 Å². The molecule has 1 aromatic carbocycles. The molecule has 1 aromatic heterocycles. The largest absolute Gasteiger partial charge is 0.481 e. The molecule has 88 valence electrons. The van der Waals surface area contributed by atoms with Gasteiger partial charge in [0.1, 0.15) is 11.3 Å². The van der Waals surface area contributed by atoms with Crippen molar-refractivity contribution in [2.24, 2.45) is 0 Å². The van der Waals surface area contributed by atoms with Crippen LogP contribution in [-0.4, -0.2) is 24.5 Å². The predicted molar refractivity (Wildman–Crippen MR) is 66.0 cm³/mol. The van der Waals surface area contributed by atoms with Crippen molar-refractivity contribution in [3.63, 3.8) is 0 Å². The molecule has 0 unspecified atom stereocenters. The lowest BCUT2D eigenvalue weighted by molar-refractivity contribution is -0.122. The van der Waals surface area contributed by atoms with Crippen molar-refractivity contribution < 1.29 is 9.53 Å². The number of pyridine rings is 1. The second-order valence-corrected chi connectivity index (χ2v) is 3.80. The van der Waals surface area contributed by atoms with Crippen LogP contribution < -0.4 is 10.1 Å². The topological polar surface area (TPSA) is 51.2 Å². The minimum Gasteiger partial charge on any atom is -0.481 e. The Morgan fingerprint density at radius 2 is 2.29 bits per heavy atom. The first kappa shape index (κ1) is 11.4. The molecule has 4 nitrogen and oxygen atoms in total. The standard InChI is InChI=1S/C13H14N2O2/c1-9-6-10-4-3-5-15-13(10)11(7-9)17-8-12(16)14-2/h3-7H,8H2,1-2H3,(H,14,16). The average molecular weight is 230 g/mol. The number of nitrogens with one attached hydrogen (secondary N) is 1. The Bertz CT molecular complexity index is 552. The van der Waals surface area contributed by atoms with Gasteiger partial charge in [0.2, 0.25) is 0 Å². The molecule has 0 aliphatic heterocycles. The third kappa shape index (κ3) is 2.53. The highest BCUT2D eigenvalue weighted by atomic mass is 16.5. The lowest BCUT2D eigenvalue weighted by Crippen LogP contribution is -2.24. The van der Waals surface area contributed by atoms with E-state index in [1.54, 1.807) is 13.2 Å². The Morgan fingerprint density at radius 1 is 1.47 bits per heavy atom. The smallest absolute Gasteiger partial charge is 0.257 e. The molecule has 17 heavy (non-hydrogen) atoms. The Balaban J connectivity index is 2.35. The van der Waals surface area contributed by atoms with Crippen LogP contribution >= 0.6 is 0 Å². The van der Waals surface area contributed by atoms with E-state index in [2.05, 4.69) is 10.3 Å². The molecule has 0 fully saturated rings. The molecule has 0 saturated carbocycles. The summed E-state index contributed by atoms with van der Waals surface area (Å²) in [6, 6.07) is 7.78. The summed E-state index contributed by atoms with van der Waals surface area (Å²) in [5.41, 5.74) is 1.86. The summed E-state index contributed by atoms with van der Waals surface area (Å²) in [4.78, 5) is 15.4. The molecule has 0 radical (unpaired) electrons. The summed E-state index contributed by atoms with van der Waals surface area (Å²) >= 11 is 0. The molecular weight excluding hydrogens is 216 g/mol. The maximum Gasteiger partial charge on any atom is 0.257 e. The Kier molecular flexibility index (Phi) is 3.23. The molecular formula is C13H14N2O2. The van der Waals surface area contributed by atoms with Gasteiger partial charge in [0.15, 0.2) is 6.61 Å². The molecule has 1 N–H and O–H groups in total. The van der Waals surface area contributed by atoms with E-state index in [9.17, 15) is 4.79 Å². The molecule has 0 aliphatic carbocycles. The van der Waals surface area contributed by atoms with Gasteiger partial charge >= 0.3 is 0 Å². The number of ether oxygens (including phenoxy) is 1. The number of fused-ring (bicyclic) bond motifs is 1. The molecule has 0 atom stereocenters. The fraction of sp³-hybridized carbons (Fsp3) is 0.231. The second kappa shape index (κ2) is 4.82. The first-order valence-electron chi connectivity index (χ1n) is 5.39. The second-order valence-electron chi connectivity index (χ2n) is 3.80. The number of amides is 1. The Labute approximate surface area is 99.6 Å². The van der Waals surface area contributed by atoms with Gasteiger partial charge < -0.3 is 10.1 Å². The summed E-state index contributed by atoms with van der Waals surface area (Å²) in [7, 11) is 1.58. The van der Waals surface area contributed by atoms with Crippen LogP contribution in [0.15, 0.2) is 30.5 Å². The number of likely N-dealkylation sites (N-methyl/N-ethyl adjacent to an activating group) is 1. The van der Waals surface area contributed by atoms with Gasteiger partial charge in [-0.2, -0.15) is 0 Å². The van der Waals surface area contributed by atoms with Crippen molar-refractivity contribution in [3.8, 4) is 5.75 Å². The summed E-state index contributed by atoms with van der Waals surface area (Å²) < 4.78 is 5.48. The Hall–Kier alpha value is -2.10. The molecule has 0 aliphatic rings. The van der Waals surface area contributed by atoms with Crippen molar-refractivity contribution in [3.05, 3.63) is 36.0 Å². The Morgan fingerprint density at radius 3 is 3.06 bits per heavy atom. The maximum atomic E-state index is 11.1. The minimum atomic E-state index is -0.157. The van der Waals surface area contributed by atoms with E-state index < -0.39 is 0 Å². The highest BCUT2D eigenvalue weighted by Crippen LogP contribution is 2.25. The lowest BCUT2D eigenvalue weighted by Gasteiger charge is -2.09. The van der Waals surface area contributed by atoms with Crippen LogP contribution in [-0.2, 0) is 4.79 Å². The van der Waals surface area contributed by atoms with Gasteiger partial charge in [-0.05, 0) is 30.7 Å². The number of carbonyl (C=O) groups is 1. The molecule has 0 saturated heterocycles. The fourth-order valence-electron chi connectivity index (χ4n) is 1.63. The zero-order chi connectivity index (χ0) is 12.3. The van der Waals surface area contributed by atoms with E-state index in [1.165, 1.54) is 0 Å². The molecule has 4 heteroatoms. The monoisotopic (exact) mass is 230 g/mol. The highest BCUT2D eigenvalue weighted by molar-refractivity contribution is 5.85. The summed E-state index contributed by atoms with van der Waals surface area (Å²) in [5, 5.41) is 3.53. The summed E-state index contributed by atoms with van der Waals surface area (Å²) in [5.74, 6) is 0.486. The van der Waals surface area contributed by atoms with E-state index in [0.29, 0.717) is 5.75 Å². The minimum absolute atomic E-state index is 0.00558. The van der Waals surface area contributed by atoms with E-state index in [4.69, 9.17) is 4.74 Å². The van der Waals surface area contributed by atoms with E-state index >= 15 is 0 Å². The lowest BCUT2D eigenvalue weighted by atomic mass is 10.1. The van der Waals surface area contributed by atoms with Gasteiger partial charge in [0.05, 0.1) is 0 Å². The van der Waals surface area contributed by atoms with Crippen molar-refractivity contribution in [1.29, 1.82) is 0 Å². The molecule has 0 bridgehead atoms. The first-order chi connectivity index (χ1) is 8.20. The van der Waals surface area contributed by atoms with Crippen molar-refractivity contribution in [1.82, 2.24) is 10.3 Å². The van der Waals surface area contributed by atoms with Crippen LogP contribution in [0.5, 0.6) is 5.75 Å². The van der Waals surface area contributed by atoms with Crippen LogP contribution in [0.1, 0.15) is 5.56 Å². The van der Waals surface area contributed by atoms with Crippen molar-refractivity contribution in [2.75, 3.05) is 13.7 Å². The molecule has 1 amide bonds. The van der Waals surface area contributed by atoms with Gasteiger partial charge in [-0.3, -0.25) is 9.78 Å². The van der Waals surface area contributed by atoms with Crippen molar-refractivity contribution in [2.45, 2.75) is 6.92 Å². The summed E-state index contributed by atoms with van der Waals surface area (Å²) in [6.45, 7) is 1.99. The number of benzene rings is 1. The fourth-order valence-corrected chi connectivity index (χ4v) is 1.63. The van der Waals surface area contributed by atoms with Gasteiger partial charge in [-0.15, -0.1) is 0 Å². The summed E-state index contributed by atoms with van der Waals surface area (Å²) in [6.07, 6.45) is 1.71. The molecule has 2 rings (SSSR count). The van der Waals surface area contributed by atoms with Crippen LogP contribution in [0, 0.1) is 6.92 Å². The predicted octanol–water partition coefficient (Wildman–Crippen LogP) is 1.67. The number of nitrogens with zero attached hydrogens (tertiary/aromatic N) is 1. The number of hydrogen-bond acceptors (Lipinski definition) is 3. The van der Waals surface area contributed by atoms with Crippen LogP contribution in [0.3, 0.4) is 0 Å². The number of rotatable bonds is 3. The number of aryl methyl sites for hydroxylation is 1. The van der Waals surface area contributed by atoms with E-state index in [0.717, 1.165) is 16.5 Å². The highest BCUT2D eigenvalue weighted by Gasteiger charge is 2.06. The SMILES string of the molecule is CNC(=O)COc1cc(C)cc2cccnc12. The van der Waals surface area contributed by atoms with Crippen LogP contribution in [0.2, 0.25) is 0 Å². The molecule has 0 spiro atoms. The van der Waals surface area contributed by atoms with Gasteiger partial charge in [0, 0.05) is 18.6 Å². The maximum absolute atomic E-state index is 11.1. The van der Waals surface area contributed by atoms with E-state index in [1.807, 2.05) is 31.2 Å². The number of hydrogen-bond donors (Lipinski definition) is 1. The molecule has 1 heterocycles. The third-order valence-corrected chi connectivity index (χ3v) is 2.45. The van der Waals surface area contributed by atoms with Crippen LogP contribution in [0.25, 0.3) is 10.9 Å². The zero-order valence-corrected chi connectivity index (χ0v) is 9.86. The van der Waals surface area contributed by atoms with Gasteiger partial charge in [-0.25, -0.2) is 0 Å². The average Bonchev–Trinajstić information content (AvgIpc) is 2.35. The number of carbonyl (C=O) groups excluding carboxylic acids is 1. The van der Waals surface area contributed by atoms with Gasteiger partial charge in [-0.1, -0.05) is 6.07 Å². The third-order valence-electron chi connectivity index (χ3n) is 2.45. The zero-order valence-electron chi connectivity index (χ0n) is 9.86. The molecule has 2 aromatic rings. The first-order valence-corrected chi connectivity index (χ1v) is 5.39. The van der Waals surface area contributed by atoms with Crippen LogP contribution in [0.4, 0.5) is 0 Å². The number of aromatic nitrogens is 1. The van der Waals surface area contributed by atoms with Gasteiger partial charge in [0.25, 0.3) is 5.91 Å². The normalized spacial score (nSPS) is 10.2. The van der Waals surface area contributed by atoms with Crippen molar-refractivity contribution >= 4 is 16.8 Å². The quantitative estimate of drug-likeness (QED) is 0.872.